The summed E-state index contributed by atoms with van der Waals surface area (Å²) in [4.78, 5) is 11.2. The van der Waals surface area contributed by atoms with E-state index in [0.29, 0.717) is 12.3 Å². The molecule has 0 radical (unpaired) electrons. The topological polar surface area (TPSA) is 57.5 Å². The minimum atomic E-state index is -1.19. The highest BCUT2D eigenvalue weighted by Crippen LogP contribution is 2.36. The van der Waals surface area contributed by atoms with Gasteiger partial charge in [-0.3, -0.25) is 4.79 Å². The van der Waals surface area contributed by atoms with Gasteiger partial charge >= 0.3 is 5.97 Å². The van der Waals surface area contributed by atoms with Gasteiger partial charge in [0.05, 0.1) is 0 Å². The highest BCUT2D eigenvalue weighted by Gasteiger charge is 2.40. The predicted octanol–water partition coefficient (Wildman–Crippen LogP) is 2.51. The van der Waals surface area contributed by atoms with E-state index < -0.39 is 17.5 Å². The van der Waals surface area contributed by atoms with Crippen molar-refractivity contribution < 1.29 is 15.0 Å². The van der Waals surface area contributed by atoms with Crippen molar-refractivity contribution in [2.24, 2.45) is 11.8 Å². The fraction of sp³-hybridized carbons (Fsp3) is 0.643. The number of hydrogen-bond acceptors (Lipinski definition) is 2. The Bertz CT molecular complexity index is 339. The van der Waals surface area contributed by atoms with Crippen molar-refractivity contribution in [3.05, 3.63) is 24.3 Å². The third-order valence-electron chi connectivity index (χ3n) is 3.94. The van der Waals surface area contributed by atoms with Gasteiger partial charge < -0.3 is 10.2 Å². The van der Waals surface area contributed by atoms with Crippen molar-refractivity contribution in [1.29, 1.82) is 0 Å². The fourth-order valence-electron chi connectivity index (χ4n) is 3.01. The van der Waals surface area contributed by atoms with Crippen molar-refractivity contribution in [2.45, 2.75) is 44.1 Å². The number of aliphatic carboxylic acids is 1. The van der Waals surface area contributed by atoms with Crippen molar-refractivity contribution in [3.8, 4) is 0 Å². The molecule has 0 amide bonds. The first kappa shape index (κ1) is 12.4. The number of carboxylic acid groups (broad SMARTS) is 1. The Hall–Kier alpha value is -1.09. The molecule has 1 fully saturated rings. The lowest BCUT2D eigenvalue weighted by atomic mass is 9.74. The van der Waals surface area contributed by atoms with E-state index in [2.05, 4.69) is 0 Å². The first-order valence-corrected chi connectivity index (χ1v) is 6.43. The highest BCUT2D eigenvalue weighted by molar-refractivity contribution is 5.75. The second-order valence-corrected chi connectivity index (χ2v) is 5.26. The van der Waals surface area contributed by atoms with Crippen LogP contribution in [-0.2, 0) is 4.79 Å². The first-order chi connectivity index (χ1) is 8.12. The number of allylic oxidation sites excluding steroid dienone is 2. The molecule has 2 N–H and O–H groups in total. The largest absolute Gasteiger partial charge is 0.481 e. The van der Waals surface area contributed by atoms with Crippen molar-refractivity contribution in [3.63, 3.8) is 0 Å². The van der Waals surface area contributed by atoms with Crippen LogP contribution in [0, 0.1) is 11.8 Å². The maximum Gasteiger partial charge on any atom is 0.313 e. The number of carboxylic acids is 1. The molecular weight excluding hydrogens is 216 g/mol. The quantitative estimate of drug-likeness (QED) is 0.791. The molecule has 17 heavy (non-hydrogen) atoms. The van der Waals surface area contributed by atoms with Crippen LogP contribution in [0.2, 0.25) is 0 Å². The lowest BCUT2D eigenvalue weighted by molar-refractivity contribution is -0.147. The van der Waals surface area contributed by atoms with Gasteiger partial charge in [0, 0.05) is 0 Å². The average Bonchev–Trinajstić information content (AvgIpc) is 2.30. The maximum absolute atomic E-state index is 11.2. The zero-order chi connectivity index (χ0) is 12.3. The summed E-state index contributed by atoms with van der Waals surface area (Å²) in [5, 5.41) is 19.7. The van der Waals surface area contributed by atoms with Crippen LogP contribution in [-0.4, -0.2) is 21.8 Å². The molecule has 94 valence electrons. The van der Waals surface area contributed by atoms with E-state index in [1.807, 2.05) is 0 Å². The van der Waals surface area contributed by atoms with Crippen LogP contribution in [0.15, 0.2) is 24.3 Å². The molecule has 2 rings (SSSR count). The second-order valence-electron chi connectivity index (χ2n) is 5.26. The van der Waals surface area contributed by atoms with Gasteiger partial charge in [-0.1, -0.05) is 56.4 Å². The van der Waals surface area contributed by atoms with Crippen LogP contribution in [0.5, 0.6) is 0 Å². The fourth-order valence-corrected chi connectivity index (χ4v) is 3.01. The second kappa shape index (κ2) is 5.05. The van der Waals surface area contributed by atoms with E-state index in [-0.39, 0.29) is 0 Å². The van der Waals surface area contributed by atoms with E-state index in [1.54, 1.807) is 24.3 Å². The van der Waals surface area contributed by atoms with Crippen LogP contribution < -0.4 is 0 Å². The normalized spacial score (nSPS) is 33.8. The zero-order valence-electron chi connectivity index (χ0n) is 10.0. The Morgan fingerprint density at radius 2 is 1.94 bits per heavy atom. The third kappa shape index (κ3) is 2.78. The summed E-state index contributed by atoms with van der Waals surface area (Å²) in [6, 6.07) is 0. The molecule has 0 saturated heterocycles. The predicted molar refractivity (Wildman–Crippen MR) is 65.5 cm³/mol. The van der Waals surface area contributed by atoms with E-state index in [0.717, 1.165) is 12.8 Å². The van der Waals surface area contributed by atoms with Crippen LogP contribution in [0.25, 0.3) is 0 Å². The zero-order valence-corrected chi connectivity index (χ0v) is 10.0. The molecule has 0 aromatic rings. The summed E-state index contributed by atoms with van der Waals surface area (Å²) in [7, 11) is 0. The van der Waals surface area contributed by atoms with Gasteiger partial charge in [0.15, 0.2) is 0 Å². The van der Waals surface area contributed by atoms with Gasteiger partial charge in [0.2, 0.25) is 0 Å². The van der Waals surface area contributed by atoms with Crippen LogP contribution in [0.4, 0.5) is 0 Å². The summed E-state index contributed by atoms with van der Waals surface area (Å²) in [6.07, 6.45) is 13.2. The molecule has 0 aromatic heterocycles. The molecule has 0 bridgehead atoms. The van der Waals surface area contributed by atoms with Crippen LogP contribution in [0.1, 0.15) is 38.5 Å². The van der Waals surface area contributed by atoms with Crippen LogP contribution in [0.3, 0.4) is 0 Å². The van der Waals surface area contributed by atoms with Crippen molar-refractivity contribution >= 4 is 5.97 Å². The SMILES string of the molecule is O=C(O)C1C=CC=CC1(O)CC1CCCCC1. The smallest absolute Gasteiger partial charge is 0.313 e. The monoisotopic (exact) mass is 236 g/mol. The molecule has 0 aromatic carbocycles. The van der Waals surface area contributed by atoms with Gasteiger partial charge in [-0.25, -0.2) is 0 Å². The van der Waals surface area contributed by atoms with Gasteiger partial charge in [0.1, 0.15) is 11.5 Å². The van der Waals surface area contributed by atoms with Gasteiger partial charge in [-0.2, -0.15) is 0 Å². The van der Waals surface area contributed by atoms with E-state index in [9.17, 15) is 9.90 Å². The molecule has 0 heterocycles. The summed E-state index contributed by atoms with van der Waals surface area (Å²) < 4.78 is 0. The molecule has 0 aliphatic heterocycles. The van der Waals surface area contributed by atoms with Crippen molar-refractivity contribution in [1.82, 2.24) is 0 Å². The van der Waals surface area contributed by atoms with Gasteiger partial charge in [-0.15, -0.1) is 0 Å². The summed E-state index contributed by atoms with van der Waals surface area (Å²) in [5.74, 6) is -1.27. The Morgan fingerprint density at radius 3 is 2.59 bits per heavy atom. The first-order valence-electron chi connectivity index (χ1n) is 6.43. The molecule has 2 aliphatic carbocycles. The Balaban J connectivity index is 2.07. The minimum Gasteiger partial charge on any atom is -0.481 e. The lowest BCUT2D eigenvalue weighted by Gasteiger charge is -2.35. The molecule has 3 nitrogen and oxygen atoms in total. The minimum absolute atomic E-state index is 0.465. The lowest BCUT2D eigenvalue weighted by Crippen LogP contribution is -2.42. The molecular formula is C14H20O3. The third-order valence-corrected chi connectivity index (χ3v) is 3.94. The number of carbonyl (C=O) groups is 1. The van der Waals surface area contributed by atoms with E-state index >= 15 is 0 Å². The average molecular weight is 236 g/mol. The standard InChI is InChI=1S/C14H20O3/c15-13(16)12-8-4-5-9-14(12,17)10-11-6-2-1-3-7-11/h4-5,8-9,11-12,17H,1-3,6-7,10H2,(H,15,16). The molecule has 2 aliphatic rings. The van der Waals surface area contributed by atoms with Gasteiger partial charge in [0.25, 0.3) is 0 Å². The Morgan fingerprint density at radius 1 is 1.24 bits per heavy atom. The number of rotatable bonds is 3. The summed E-state index contributed by atoms with van der Waals surface area (Å²) in [5.41, 5.74) is -1.19. The highest BCUT2D eigenvalue weighted by atomic mass is 16.4. The van der Waals surface area contributed by atoms with Gasteiger partial charge in [-0.05, 0) is 12.3 Å². The Kier molecular flexibility index (Phi) is 3.67. The molecule has 2 unspecified atom stereocenters. The summed E-state index contributed by atoms with van der Waals surface area (Å²) >= 11 is 0. The number of aliphatic hydroxyl groups is 1. The molecule has 0 spiro atoms. The maximum atomic E-state index is 11.2. The molecule has 3 heteroatoms. The molecule has 1 saturated carbocycles. The number of hydrogen-bond donors (Lipinski definition) is 2. The Labute approximate surface area is 102 Å². The van der Waals surface area contributed by atoms with Crippen LogP contribution >= 0.6 is 0 Å². The summed E-state index contributed by atoms with van der Waals surface area (Å²) in [6.45, 7) is 0. The molecule has 2 atom stereocenters. The van der Waals surface area contributed by atoms with E-state index in [1.165, 1.54) is 19.3 Å². The van der Waals surface area contributed by atoms with E-state index in [4.69, 9.17) is 5.11 Å². The van der Waals surface area contributed by atoms with Crippen molar-refractivity contribution in [2.75, 3.05) is 0 Å².